The number of nitrogens with one attached hydrogen (secondary N) is 2. The van der Waals surface area contributed by atoms with Crippen LogP contribution < -0.4 is 15.5 Å². The maximum absolute atomic E-state index is 5.54. The lowest BCUT2D eigenvalue weighted by Crippen LogP contribution is -2.39. The van der Waals surface area contributed by atoms with Crippen LogP contribution in [0.25, 0.3) is 0 Å². The van der Waals surface area contributed by atoms with E-state index in [0.29, 0.717) is 22.3 Å². The predicted octanol–water partition coefficient (Wildman–Crippen LogP) is 4.03. The lowest BCUT2D eigenvalue weighted by Gasteiger charge is -2.28. The Hall–Kier alpha value is -2.00. The smallest absolute Gasteiger partial charge is 0.232 e. The molecule has 154 valence electrons. The second kappa shape index (κ2) is 10.2. The standard InChI is InChI=1S/C20H27N7S2/c28-19(23-15-8-3-1-4-9-15)26-18-24-16(27-12-5-2-6-13-27)14-17(25-18)29-20-21-10-7-11-22-20/h7,10-11,14-15H,1-6,8-9,12-13H2,(H2,23,24,25,26,28). The quantitative estimate of drug-likeness (QED) is 0.416. The van der Waals surface area contributed by atoms with E-state index in [1.54, 1.807) is 12.4 Å². The molecular formula is C20H27N7S2. The van der Waals surface area contributed by atoms with E-state index in [1.165, 1.54) is 63.1 Å². The minimum Gasteiger partial charge on any atom is -0.360 e. The van der Waals surface area contributed by atoms with Gasteiger partial charge in [0.25, 0.3) is 0 Å². The van der Waals surface area contributed by atoms with E-state index in [0.717, 1.165) is 23.9 Å². The molecule has 9 heteroatoms. The van der Waals surface area contributed by atoms with Crippen LogP contribution in [0.5, 0.6) is 0 Å². The van der Waals surface area contributed by atoms with E-state index in [2.05, 4.69) is 30.5 Å². The molecule has 1 aliphatic heterocycles. The molecule has 2 aliphatic rings. The zero-order valence-corrected chi connectivity index (χ0v) is 18.1. The average Bonchev–Trinajstić information content (AvgIpc) is 2.75. The highest BCUT2D eigenvalue weighted by molar-refractivity contribution is 7.99. The molecule has 3 heterocycles. The van der Waals surface area contributed by atoms with Crippen molar-refractivity contribution in [2.45, 2.75) is 67.6 Å². The molecule has 2 N–H and O–H groups in total. The first kappa shape index (κ1) is 20.3. The van der Waals surface area contributed by atoms with Gasteiger partial charge in [0.15, 0.2) is 10.3 Å². The molecule has 2 fully saturated rings. The molecule has 7 nitrogen and oxygen atoms in total. The highest BCUT2D eigenvalue weighted by atomic mass is 32.2. The number of hydrogen-bond acceptors (Lipinski definition) is 7. The molecule has 2 aromatic rings. The first-order chi connectivity index (χ1) is 14.3. The summed E-state index contributed by atoms with van der Waals surface area (Å²) in [4.78, 5) is 20.3. The zero-order chi connectivity index (χ0) is 19.9. The largest absolute Gasteiger partial charge is 0.360 e. The van der Waals surface area contributed by atoms with Gasteiger partial charge in [0.1, 0.15) is 10.8 Å². The minimum atomic E-state index is 0.445. The van der Waals surface area contributed by atoms with Gasteiger partial charge in [0.2, 0.25) is 5.95 Å². The summed E-state index contributed by atoms with van der Waals surface area (Å²) in [6, 6.07) is 4.28. The number of thiocarbonyl (C=S) groups is 1. The van der Waals surface area contributed by atoms with E-state index in [-0.39, 0.29) is 0 Å². The van der Waals surface area contributed by atoms with Crippen LogP contribution >= 0.6 is 24.0 Å². The Kier molecular flexibility index (Phi) is 7.10. The number of anilines is 2. The lowest BCUT2D eigenvalue weighted by atomic mass is 9.96. The molecule has 1 saturated carbocycles. The van der Waals surface area contributed by atoms with Gasteiger partial charge in [-0.1, -0.05) is 19.3 Å². The Morgan fingerprint density at radius 3 is 2.48 bits per heavy atom. The summed E-state index contributed by atoms with van der Waals surface area (Å²) < 4.78 is 0. The molecule has 0 atom stereocenters. The van der Waals surface area contributed by atoms with Gasteiger partial charge < -0.3 is 15.5 Å². The molecule has 1 saturated heterocycles. The highest BCUT2D eigenvalue weighted by Gasteiger charge is 2.18. The number of nitrogens with zero attached hydrogens (tertiary/aromatic N) is 5. The van der Waals surface area contributed by atoms with Gasteiger partial charge in [0.05, 0.1) is 0 Å². The van der Waals surface area contributed by atoms with Crippen molar-refractivity contribution in [3.63, 3.8) is 0 Å². The second-order valence-corrected chi connectivity index (χ2v) is 8.90. The van der Waals surface area contributed by atoms with Gasteiger partial charge >= 0.3 is 0 Å². The van der Waals surface area contributed by atoms with E-state index in [4.69, 9.17) is 17.2 Å². The molecule has 0 aromatic carbocycles. The summed E-state index contributed by atoms with van der Waals surface area (Å²) in [5.41, 5.74) is 0. The third kappa shape index (κ3) is 5.99. The van der Waals surface area contributed by atoms with Gasteiger partial charge in [-0.25, -0.2) is 15.0 Å². The molecule has 1 aliphatic carbocycles. The molecule has 0 spiro atoms. The van der Waals surface area contributed by atoms with Gasteiger partial charge in [0, 0.05) is 37.6 Å². The van der Waals surface area contributed by atoms with Gasteiger partial charge in [-0.3, -0.25) is 0 Å². The van der Waals surface area contributed by atoms with Gasteiger partial charge in [-0.05, 0) is 62.2 Å². The molecule has 0 amide bonds. The topological polar surface area (TPSA) is 78.9 Å². The molecule has 29 heavy (non-hydrogen) atoms. The van der Waals surface area contributed by atoms with Crippen LogP contribution in [0.1, 0.15) is 51.4 Å². The van der Waals surface area contributed by atoms with Crippen LogP contribution in [0.15, 0.2) is 34.7 Å². The molecule has 0 bridgehead atoms. The lowest BCUT2D eigenvalue weighted by molar-refractivity contribution is 0.414. The summed E-state index contributed by atoms with van der Waals surface area (Å²) in [7, 11) is 0. The summed E-state index contributed by atoms with van der Waals surface area (Å²) in [5, 5.41) is 8.73. The first-order valence-corrected chi connectivity index (χ1v) is 11.7. The van der Waals surface area contributed by atoms with Gasteiger partial charge in [-0.15, -0.1) is 0 Å². The molecule has 0 unspecified atom stereocenters. The average molecular weight is 430 g/mol. The maximum Gasteiger partial charge on any atom is 0.232 e. The fourth-order valence-electron chi connectivity index (χ4n) is 3.81. The van der Waals surface area contributed by atoms with Crippen molar-refractivity contribution in [3.8, 4) is 0 Å². The van der Waals surface area contributed by atoms with E-state index >= 15 is 0 Å². The van der Waals surface area contributed by atoms with Gasteiger partial charge in [-0.2, -0.15) is 4.98 Å². The Bertz CT molecular complexity index is 806. The summed E-state index contributed by atoms with van der Waals surface area (Å²) >= 11 is 6.98. The first-order valence-electron chi connectivity index (χ1n) is 10.4. The third-order valence-corrected chi connectivity index (χ3v) is 6.30. The Morgan fingerprint density at radius 1 is 1.00 bits per heavy atom. The van der Waals surface area contributed by atoms with E-state index < -0.39 is 0 Å². The number of hydrogen-bond donors (Lipinski definition) is 2. The Balaban J connectivity index is 1.50. The third-order valence-electron chi connectivity index (χ3n) is 5.27. The monoisotopic (exact) mass is 429 g/mol. The van der Waals surface area contributed by atoms with Crippen molar-refractivity contribution in [3.05, 3.63) is 24.5 Å². The van der Waals surface area contributed by atoms with Crippen LogP contribution in [0, 0.1) is 0 Å². The van der Waals surface area contributed by atoms with Crippen LogP contribution in [0.3, 0.4) is 0 Å². The molecular weight excluding hydrogens is 402 g/mol. The van der Waals surface area contributed by atoms with Crippen molar-refractivity contribution in [2.24, 2.45) is 0 Å². The Morgan fingerprint density at radius 2 is 1.72 bits per heavy atom. The normalized spacial score (nSPS) is 17.7. The maximum atomic E-state index is 5.54. The molecule has 0 radical (unpaired) electrons. The minimum absolute atomic E-state index is 0.445. The molecule has 2 aromatic heterocycles. The highest BCUT2D eigenvalue weighted by Crippen LogP contribution is 2.28. The molecule has 4 rings (SSSR count). The van der Waals surface area contributed by atoms with Crippen molar-refractivity contribution in [2.75, 3.05) is 23.3 Å². The summed E-state index contributed by atoms with van der Waals surface area (Å²) in [5.74, 6) is 1.46. The number of aromatic nitrogens is 4. The SMILES string of the molecule is S=C(Nc1nc(Sc2ncccn2)cc(N2CCCCC2)n1)NC1CCCCC1. The second-order valence-electron chi connectivity index (χ2n) is 7.50. The summed E-state index contributed by atoms with van der Waals surface area (Å²) in [6.45, 7) is 2.04. The van der Waals surface area contributed by atoms with E-state index in [1.807, 2.05) is 12.1 Å². The number of piperidine rings is 1. The predicted molar refractivity (Wildman–Crippen MR) is 120 cm³/mol. The van der Waals surface area contributed by atoms with Crippen molar-refractivity contribution >= 4 is 40.9 Å². The van der Waals surface area contributed by atoms with Crippen LogP contribution in [-0.4, -0.2) is 44.2 Å². The van der Waals surface area contributed by atoms with E-state index in [9.17, 15) is 0 Å². The fraction of sp³-hybridized carbons (Fsp3) is 0.550. The van der Waals surface area contributed by atoms with Crippen molar-refractivity contribution in [1.82, 2.24) is 25.3 Å². The van der Waals surface area contributed by atoms with Crippen LogP contribution in [-0.2, 0) is 0 Å². The number of rotatable bonds is 5. The van der Waals surface area contributed by atoms with Crippen molar-refractivity contribution < 1.29 is 0 Å². The summed E-state index contributed by atoms with van der Waals surface area (Å²) in [6.07, 6.45) is 13.3. The van der Waals surface area contributed by atoms with Crippen LogP contribution in [0.4, 0.5) is 11.8 Å². The Labute approximate surface area is 181 Å². The van der Waals surface area contributed by atoms with Crippen LogP contribution in [0.2, 0.25) is 0 Å². The zero-order valence-electron chi connectivity index (χ0n) is 16.5. The van der Waals surface area contributed by atoms with Crippen molar-refractivity contribution in [1.29, 1.82) is 0 Å². The fourth-order valence-corrected chi connectivity index (χ4v) is 4.78.